The van der Waals surface area contributed by atoms with Crippen molar-refractivity contribution in [1.82, 2.24) is 4.90 Å². The minimum atomic E-state index is -0.114. The summed E-state index contributed by atoms with van der Waals surface area (Å²) in [6.07, 6.45) is 4.83. The number of nitrogens with zero attached hydrogens (tertiary/aromatic N) is 1. The van der Waals surface area contributed by atoms with Crippen molar-refractivity contribution >= 4 is 0 Å². The highest BCUT2D eigenvalue weighted by Gasteiger charge is 2.60. The molecule has 1 fully saturated rings. The molecule has 5 unspecified atom stereocenters. The Morgan fingerprint density at radius 3 is 2.24 bits per heavy atom. The predicted octanol–water partition coefficient (Wildman–Crippen LogP) is 8.22. The van der Waals surface area contributed by atoms with Gasteiger partial charge in [0, 0.05) is 11.5 Å². The second kappa shape index (κ2) is 7.57. The average Bonchev–Trinajstić information content (AvgIpc) is 2.70. The number of allylic oxidation sites excluding steroid dienone is 10. The summed E-state index contributed by atoms with van der Waals surface area (Å²) in [5, 5.41) is 0. The third-order valence-corrected chi connectivity index (χ3v) is 10.0. The van der Waals surface area contributed by atoms with Crippen molar-refractivity contribution in [3.63, 3.8) is 0 Å². The van der Waals surface area contributed by atoms with Crippen LogP contribution in [-0.4, -0.2) is 25.0 Å². The van der Waals surface area contributed by atoms with Crippen LogP contribution < -0.4 is 0 Å². The topological polar surface area (TPSA) is 3.24 Å². The van der Waals surface area contributed by atoms with E-state index in [1.54, 1.807) is 5.57 Å². The molecular weight excluding hydrogens is 398 g/mol. The van der Waals surface area contributed by atoms with Crippen LogP contribution in [0.4, 0.5) is 0 Å². The zero-order valence-electron chi connectivity index (χ0n) is 22.9. The second-order valence-electron chi connectivity index (χ2n) is 12.3. The maximum atomic E-state index is 4.77. The molecule has 178 valence electrons. The van der Waals surface area contributed by atoms with Gasteiger partial charge in [-0.1, -0.05) is 70.2 Å². The lowest BCUT2D eigenvalue weighted by Gasteiger charge is -2.63. The Morgan fingerprint density at radius 2 is 1.70 bits per heavy atom. The van der Waals surface area contributed by atoms with Crippen LogP contribution in [0.2, 0.25) is 0 Å². The fraction of sp³-hybridized carbons (Fsp3) is 0.562. The Morgan fingerprint density at radius 1 is 1.09 bits per heavy atom. The minimum Gasteiger partial charge on any atom is -0.302 e. The van der Waals surface area contributed by atoms with Gasteiger partial charge in [-0.3, -0.25) is 0 Å². The molecule has 1 heteroatoms. The first-order valence-corrected chi connectivity index (χ1v) is 12.7. The Kier molecular flexibility index (Phi) is 5.57. The van der Waals surface area contributed by atoms with E-state index < -0.39 is 0 Å². The van der Waals surface area contributed by atoms with E-state index in [1.165, 1.54) is 44.6 Å². The van der Waals surface area contributed by atoms with Crippen molar-refractivity contribution in [2.24, 2.45) is 28.6 Å². The molecule has 0 saturated heterocycles. The van der Waals surface area contributed by atoms with Gasteiger partial charge in [0.2, 0.25) is 0 Å². The van der Waals surface area contributed by atoms with Crippen LogP contribution in [0.5, 0.6) is 0 Å². The van der Waals surface area contributed by atoms with Gasteiger partial charge in [-0.25, -0.2) is 0 Å². The number of likely N-dealkylation sites (N-methyl/N-ethyl adjacent to an activating group) is 1. The molecule has 0 aromatic rings. The van der Waals surface area contributed by atoms with Gasteiger partial charge < -0.3 is 4.90 Å². The molecule has 1 saturated carbocycles. The van der Waals surface area contributed by atoms with Crippen molar-refractivity contribution in [3.05, 3.63) is 81.5 Å². The summed E-state index contributed by atoms with van der Waals surface area (Å²) in [6.45, 7) is 33.1. The molecule has 4 rings (SSSR count). The lowest BCUT2D eigenvalue weighted by atomic mass is 9.42. The molecular formula is C32H45N. The highest BCUT2D eigenvalue weighted by Crippen LogP contribution is 2.68. The fourth-order valence-electron chi connectivity index (χ4n) is 8.64. The largest absolute Gasteiger partial charge is 0.302 e. The van der Waals surface area contributed by atoms with E-state index in [0.29, 0.717) is 23.8 Å². The lowest BCUT2D eigenvalue weighted by Crippen LogP contribution is -2.58. The fourth-order valence-corrected chi connectivity index (χ4v) is 8.64. The van der Waals surface area contributed by atoms with Crippen molar-refractivity contribution in [3.8, 4) is 0 Å². The van der Waals surface area contributed by atoms with Gasteiger partial charge in [0.1, 0.15) is 0 Å². The zero-order chi connectivity index (χ0) is 24.8. The van der Waals surface area contributed by atoms with E-state index in [2.05, 4.69) is 87.0 Å². The Hall–Kier alpha value is -1.86. The zero-order valence-corrected chi connectivity index (χ0v) is 22.9. The maximum Gasteiger partial charge on any atom is 0.0350 e. The van der Waals surface area contributed by atoms with Crippen molar-refractivity contribution < 1.29 is 0 Å². The standard InChI is InChI=1S/C32H45N/c1-17(2)25-20(5)30(33(12)13)29-21(6)28-27(23(8)32(29,11)22(25)7)19(4)26-18(3)15-14-16-24(26)31(28,9)10/h16,21,28-30H,1,4,7,14-15H2,2-3,5-6,8-13H3. The van der Waals surface area contributed by atoms with E-state index in [9.17, 15) is 0 Å². The first-order chi connectivity index (χ1) is 15.2. The lowest BCUT2D eigenvalue weighted by molar-refractivity contribution is 0.0311. The molecule has 0 bridgehead atoms. The summed E-state index contributed by atoms with van der Waals surface area (Å²) >= 11 is 0. The molecule has 4 aliphatic rings. The number of fused-ring (bicyclic) bond motifs is 3. The molecule has 33 heavy (non-hydrogen) atoms. The van der Waals surface area contributed by atoms with Gasteiger partial charge >= 0.3 is 0 Å². The summed E-state index contributed by atoms with van der Waals surface area (Å²) < 4.78 is 0. The molecule has 0 spiro atoms. The number of hydrogen-bond donors (Lipinski definition) is 0. The molecule has 0 radical (unpaired) electrons. The Balaban J connectivity index is 2.08. The third kappa shape index (κ3) is 2.94. The van der Waals surface area contributed by atoms with E-state index in [4.69, 9.17) is 13.2 Å². The highest BCUT2D eigenvalue weighted by atomic mass is 15.1. The minimum absolute atomic E-state index is 0.0833. The third-order valence-electron chi connectivity index (χ3n) is 10.0. The molecule has 1 nitrogen and oxygen atoms in total. The summed E-state index contributed by atoms with van der Waals surface area (Å²) in [4.78, 5) is 2.45. The first-order valence-electron chi connectivity index (χ1n) is 12.7. The van der Waals surface area contributed by atoms with E-state index in [-0.39, 0.29) is 10.8 Å². The molecule has 0 aromatic carbocycles. The van der Waals surface area contributed by atoms with E-state index in [1.807, 2.05) is 0 Å². The molecule has 4 aliphatic carbocycles. The quantitative estimate of drug-likeness (QED) is 0.415. The number of hydrogen-bond acceptors (Lipinski definition) is 1. The summed E-state index contributed by atoms with van der Waals surface area (Å²) in [6, 6.07) is 0.363. The molecule has 0 amide bonds. The predicted molar refractivity (Wildman–Crippen MR) is 144 cm³/mol. The van der Waals surface area contributed by atoms with Gasteiger partial charge in [0.05, 0.1) is 0 Å². The van der Waals surface area contributed by atoms with Gasteiger partial charge in [-0.15, -0.1) is 0 Å². The maximum absolute atomic E-state index is 4.77. The summed E-state index contributed by atoms with van der Waals surface area (Å²) in [5.41, 5.74) is 13.9. The van der Waals surface area contributed by atoms with Gasteiger partial charge in [-0.2, -0.15) is 0 Å². The first kappa shape index (κ1) is 24.3. The molecule has 0 N–H and O–H groups in total. The SMILES string of the molecule is C=C(C)C1=C(C)C(N(C)C)C2C(C)C3C(=C(C)C2(C)C1=C)C(=C)C1=C(C)CCC=C1C3(C)C. The van der Waals surface area contributed by atoms with Crippen LogP contribution in [0.15, 0.2) is 81.5 Å². The second-order valence-corrected chi connectivity index (χ2v) is 12.3. The van der Waals surface area contributed by atoms with Crippen LogP contribution in [-0.2, 0) is 0 Å². The Bertz CT molecular complexity index is 1100. The molecule has 0 aliphatic heterocycles. The summed E-state index contributed by atoms with van der Waals surface area (Å²) in [7, 11) is 4.50. The van der Waals surface area contributed by atoms with Crippen LogP contribution in [0.3, 0.4) is 0 Å². The van der Waals surface area contributed by atoms with Crippen LogP contribution >= 0.6 is 0 Å². The Labute approximate surface area is 203 Å². The normalized spacial score (nSPS) is 36.0. The average molecular weight is 444 g/mol. The van der Waals surface area contributed by atoms with Crippen molar-refractivity contribution in [2.45, 2.75) is 74.3 Å². The monoisotopic (exact) mass is 443 g/mol. The van der Waals surface area contributed by atoms with Crippen LogP contribution in [0, 0.1) is 28.6 Å². The van der Waals surface area contributed by atoms with Gasteiger partial charge in [0.15, 0.2) is 0 Å². The summed E-state index contributed by atoms with van der Waals surface area (Å²) in [5.74, 6) is 1.41. The van der Waals surface area contributed by atoms with Crippen molar-refractivity contribution in [2.75, 3.05) is 14.1 Å². The van der Waals surface area contributed by atoms with Gasteiger partial charge in [0.25, 0.3) is 0 Å². The van der Waals surface area contributed by atoms with Crippen molar-refractivity contribution in [1.29, 1.82) is 0 Å². The van der Waals surface area contributed by atoms with Crippen LogP contribution in [0.25, 0.3) is 0 Å². The van der Waals surface area contributed by atoms with E-state index in [0.717, 1.165) is 18.4 Å². The smallest absolute Gasteiger partial charge is 0.0350 e. The van der Waals surface area contributed by atoms with Crippen LogP contribution in [0.1, 0.15) is 68.2 Å². The molecule has 5 atom stereocenters. The molecule has 0 heterocycles. The van der Waals surface area contributed by atoms with Gasteiger partial charge in [-0.05, 0) is 117 Å². The molecule has 0 aromatic heterocycles. The number of rotatable bonds is 2. The highest BCUT2D eigenvalue weighted by molar-refractivity contribution is 5.69. The van der Waals surface area contributed by atoms with E-state index >= 15 is 0 Å².